The van der Waals surface area contributed by atoms with Crippen LogP contribution in [0.2, 0.25) is 5.02 Å². The van der Waals surface area contributed by atoms with Crippen molar-refractivity contribution in [2.75, 3.05) is 7.05 Å². The first-order chi connectivity index (χ1) is 11.7. The van der Waals surface area contributed by atoms with Gasteiger partial charge in [-0.1, -0.05) is 11.6 Å². The number of H-pyrrole nitrogens is 1. The van der Waals surface area contributed by atoms with Gasteiger partial charge in [0.2, 0.25) is 0 Å². The summed E-state index contributed by atoms with van der Waals surface area (Å²) in [6.07, 6.45) is 1.62. The van der Waals surface area contributed by atoms with Crippen LogP contribution in [0.25, 0.3) is 11.3 Å². The molecule has 0 fully saturated rings. The maximum atomic E-state index is 12.1. The number of nitrogens with zero attached hydrogens (tertiary/aromatic N) is 3. The number of nitrogens with one attached hydrogen (secondary N) is 1. The highest BCUT2D eigenvalue weighted by Gasteiger charge is 2.11. The number of hydrogen-bond donors (Lipinski definition) is 1. The van der Waals surface area contributed by atoms with Gasteiger partial charge in [0.1, 0.15) is 17.1 Å². The Labute approximate surface area is 143 Å². The number of ether oxygens (including phenoxy) is 1. The van der Waals surface area contributed by atoms with E-state index in [0.717, 1.165) is 5.56 Å². The van der Waals surface area contributed by atoms with E-state index >= 15 is 0 Å². The van der Waals surface area contributed by atoms with Gasteiger partial charge < -0.3 is 4.74 Å². The van der Waals surface area contributed by atoms with E-state index in [1.165, 1.54) is 0 Å². The number of halogens is 1. The molecule has 1 heterocycles. The molecule has 0 atom stereocenters. The second-order valence-corrected chi connectivity index (χ2v) is 5.30. The highest BCUT2D eigenvalue weighted by Crippen LogP contribution is 2.22. The van der Waals surface area contributed by atoms with E-state index in [2.05, 4.69) is 20.4 Å². The van der Waals surface area contributed by atoms with Crippen molar-refractivity contribution >= 4 is 23.8 Å². The van der Waals surface area contributed by atoms with Crippen molar-refractivity contribution in [3.63, 3.8) is 0 Å². The van der Waals surface area contributed by atoms with E-state index in [9.17, 15) is 4.79 Å². The number of carbonyl (C=O) groups excluding carboxylic acids is 1. The van der Waals surface area contributed by atoms with Crippen LogP contribution in [0.3, 0.4) is 0 Å². The molecule has 2 aromatic carbocycles. The van der Waals surface area contributed by atoms with Gasteiger partial charge in [0.25, 0.3) is 0 Å². The lowest BCUT2D eigenvalue weighted by atomic mass is 10.1. The van der Waals surface area contributed by atoms with Gasteiger partial charge in [-0.3, -0.25) is 4.99 Å². The lowest BCUT2D eigenvalue weighted by Gasteiger charge is -2.05. The summed E-state index contributed by atoms with van der Waals surface area (Å²) in [5.41, 5.74) is 2.59. The van der Waals surface area contributed by atoms with Crippen molar-refractivity contribution in [1.82, 2.24) is 15.4 Å². The van der Waals surface area contributed by atoms with E-state index in [1.54, 1.807) is 61.8 Å². The molecule has 1 N–H and O–H groups in total. The van der Waals surface area contributed by atoms with Crippen LogP contribution < -0.4 is 4.74 Å². The minimum absolute atomic E-state index is 0.432. The van der Waals surface area contributed by atoms with Crippen LogP contribution in [-0.4, -0.2) is 34.6 Å². The lowest BCUT2D eigenvalue weighted by Crippen LogP contribution is -2.08. The third-order valence-corrected chi connectivity index (χ3v) is 3.50. The summed E-state index contributed by atoms with van der Waals surface area (Å²) in [7, 11) is 1.66. The molecule has 0 aliphatic carbocycles. The number of aromatic nitrogens is 3. The fourth-order valence-electron chi connectivity index (χ4n) is 2.10. The molecule has 0 radical (unpaired) electrons. The largest absolute Gasteiger partial charge is 0.423 e. The molecule has 6 nitrogen and oxygen atoms in total. The van der Waals surface area contributed by atoms with Crippen molar-refractivity contribution in [3.05, 3.63) is 64.8 Å². The third-order valence-electron chi connectivity index (χ3n) is 3.24. The number of rotatable bonds is 4. The predicted molar refractivity (Wildman–Crippen MR) is 91.7 cm³/mol. The van der Waals surface area contributed by atoms with E-state index in [-0.39, 0.29) is 0 Å². The summed E-state index contributed by atoms with van der Waals surface area (Å²) in [6, 6.07) is 13.5. The molecule has 0 aliphatic rings. The Balaban J connectivity index is 1.76. The highest BCUT2D eigenvalue weighted by molar-refractivity contribution is 6.30. The van der Waals surface area contributed by atoms with Crippen LogP contribution in [0, 0.1) is 0 Å². The summed E-state index contributed by atoms with van der Waals surface area (Å²) < 4.78 is 5.34. The van der Waals surface area contributed by atoms with Gasteiger partial charge in [0.05, 0.1) is 11.8 Å². The van der Waals surface area contributed by atoms with Gasteiger partial charge in [-0.15, -0.1) is 0 Å². The molecule has 24 heavy (non-hydrogen) atoms. The molecule has 7 heteroatoms. The summed E-state index contributed by atoms with van der Waals surface area (Å²) >= 11 is 5.80. The number of aliphatic imine (C=N–C) groups is 1. The monoisotopic (exact) mass is 340 g/mol. The molecule has 0 saturated heterocycles. The number of aromatic amines is 1. The van der Waals surface area contributed by atoms with Crippen molar-refractivity contribution in [2.45, 2.75) is 0 Å². The molecule has 120 valence electrons. The number of hydrogen-bond acceptors (Lipinski definition) is 5. The van der Waals surface area contributed by atoms with Crippen molar-refractivity contribution < 1.29 is 9.53 Å². The topological polar surface area (TPSA) is 80.2 Å². The molecule has 0 saturated carbocycles. The van der Waals surface area contributed by atoms with Crippen LogP contribution >= 0.6 is 11.6 Å². The minimum atomic E-state index is -0.445. The van der Waals surface area contributed by atoms with E-state index in [1.807, 2.05) is 0 Å². The van der Waals surface area contributed by atoms with Gasteiger partial charge >= 0.3 is 5.97 Å². The predicted octanol–water partition coefficient (Wildman–Crippen LogP) is 3.39. The molecule has 0 aliphatic heterocycles. The van der Waals surface area contributed by atoms with Gasteiger partial charge in [0.15, 0.2) is 0 Å². The normalized spacial score (nSPS) is 10.9. The van der Waals surface area contributed by atoms with Gasteiger partial charge in [0, 0.05) is 17.6 Å². The third kappa shape index (κ3) is 3.49. The van der Waals surface area contributed by atoms with Crippen LogP contribution in [-0.2, 0) is 0 Å². The van der Waals surface area contributed by atoms with Crippen molar-refractivity contribution in [1.29, 1.82) is 0 Å². The minimum Gasteiger partial charge on any atom is -0.423 e. The average molecular weight is 341 g/mol. The SMILES string of the molecule is CN=Cc1n[nH]nc1-c1ccc(OC(=O)c2ccc(Cl)cc2)cc1. The quantitative estimate of drug-likeness (QED) is 0.448. The van der Waals surface area contributed by atoms with Gasteiger partial charge in [-0.25, -0.2) is 4.79 Å². The standard InChI is InChI=1S/C17H13ClN4O2/c1-19-10-15-16(21-22-20-15)11-4-8-14(9-5-11)24-17(23)12-2-6-13(18)7-3-12/h2-10H,1H3,(H,20,21,22). The number of benzene rings is 2. The zero-order chi connectivity index (χ0) is 16.9. The Morgan fingerprint density at radius 2 is 1.83 bits per heavy atom. The second-order valence-electron chi connectivity index (χ2n) is 4.87. The molecular formula is C17H13ClN4O2. The zero-order valence-electron chi connectivity index (χ0n) is 12.7. The summed E-state index contributed by atoms with van der Waals surface area (Å²) in [6.45, 7) is 0. The fraction of sp³-hybridized carbons (Fsp3) is 0.0588. The number of carbonyl (C=O) groups is 1. The Hall–Kier alpha value is -2.99. The Morgan fingerprint density at radius 3 is 2.50 bits per heavy atom. The first kappa shape index (κ1) is 15.9. The van der Waals surface area contributed by atoms with Crippen molar-refractivity contribution in [3.8, 4) is 17.0 Å². The van der Waals surface area contributed by atoms with E-state index in [0.29, 0.717) is 27.7 Å². The molecule has 3 aromatic rings. The Kier molecular flexibility index (Phi) is 4.67. The van der Waals surface area contributed by atoms with Crippen LogP contribution in [0.4, 0.5) is 0 Å². The first-order valence-corrected chi connectivity index (χ1v) is 7.46. The smallest absolute Gasteiger partial charge is 0.343 e. The van der Waals surface area contributed by atoms with Crippen LogP contribution in [0.15, 0.2) is 53.5 Å². The van der Waals surface area contributed by atoms with Crippen molar-refractivity contribution in [2.24, 2.45) is 4.99 Å². The van der Waals surface area contributed by atoms with E-state index < -0.39 is 5.97 Å². The van der Waals surface area contributed by atoms with Crippen LogP contribution in [0.1, 0.15) is 16.1 Å². The maximum Gasteiger partial charge on any atom is 0.343 e. The summed E-state index contributed by atoms with van der Waals surface area (Å²) in [5.74, 6) is -0.00689. The molecular weight excluding hydrogens is 328 g/mol. The molecule has 0 spiro atoms. The second kappa shape index (κ2) is 7.06. The number of esters is 1. The average Bonchev–Trinajstić information content (AvgIpc) is 3.05. The molecule has 3 rings (SSSR count). The Bertz CT molecular complexity index is 870. The summed E-state index contributed by atoms with van der Waals surface area (Å²) in [5, 5.41) is 11.3. The lowest BCUT2D eigenvalue weighted by molar-refractivity contribution is 0.0735. The van der Waals surface area contributed by atoms with Gasteiger partial charge in [-0.2, -0.15) is 15.4 Å². The van der Waals surface area contributed by atoms with Crippen LogP contribution in [0.5, 0.6) is 5.75 Å². The van der Waals surface area contributed by atoms with Gasteiger partial charge in [-0.05, 0) is 48.5 Å². The molecule has 0 amide bonds. The van der Waals surface area contributed by atoms with E-state index in [4.69, 9.17) is 16.3 Å². The summed E-state index contributed by atoms with van der Waals surface area (Å²) in [4.78, 5) is 16.0. The molecule has 0 bridgehead atoms. The maximum absolute atomic E-state index is 12.1. The molecule has 0 unspecified atom stereocenters. The molecule has 1 aromatic heterocycles. The zero-order valence-corrected chi connectivity index (χ0v) is 13.5. The fourth-order valence-corrected chi connectivity index (χ4v) is 2.22. The highest BCUT2D eigenvalue weighted by atomic mass is 35.5. The Morgan fingerprint density at radius 1 is 1.12 bits per heavy atom. The first-order valence-electron chi connectivity index (χ1n) is 7.08.